The highest BCUT2D eigenvalue weighted by molar-refractivity contribution is 5.63. The minimum absolute atomic E-state index is 0.302. The lowest BCUT2D eigenvalue weighted by Crippen LogP contribution is -2.17. The summed E-state index contributed by atoms with van der Waals surface area (Å²) in [6.07, 6.45) is 0. The van der Waals surface area contributed by atoms with Crippen LogP contribution in [0.5, 0.6) is 5.75 Å². The first-order valence-corrected chi connectivity index (χ1v) is 8.61. The van der Waals surface area contributed by atoms with E-state index < -0.39 is 5.76 Å². The van der Waals surface area contributed by atoms with E-state index in [1.54, 1.807) is 7.11 Å². The van der Waals surface area contributed by atoms with Crippen molar-refractivity contribution in [3.63, 3.8) is 0 Å². The quantitative estimate of drug-likeness (QED) is 0.709. The zero-order valence-corrected chi connectivity index (χ0v) is 16.1. The van der Waals surface area contributed by atoms with Gasteiger partial charge in [0.05, 0.1) is 13.7 Å². The molecule has 1 aromatic heterocycles. The minimum atomic E-state index is -0.473. The van der Waals surface area contributed by atoms with Gasteiger partial charge in [-0.05, 0) is 69.0 Å². The Morgan fingerprint density at radius 3 is 2.46 bits per heavy atom. The van der Waals surface area contributed by atoms with E-state index in [1.807, 2.05) is 38.1 Å². The van der Waals surface area contributed by atoms with Crippen molar-refractivity contribution in [2.75, 3.05) is 7.11 Å². The molecular formula is C21H24N2O3. The van der Waals surface area contributed by atoms with Crippen LogP contribution >= 0.6 is 0 Å². The maximum Gasteiger partial charge on any atom is 0.437 e. The maximum absolute atomic E-state index is 12.3. The van der Waals surface area contributed by atoms with Crippen LogP contribution in [0.3, 0.4) is 0 Å². The molecule has 5 heteroatoms. The van der Waals surface area contributed by atoms with Crippen LogP contribution in [-0.4, -0.2) is 16.9 Å². The molecule has 0 atom stereocenters. The van der Waals surface area contributed by atoms with E-state index in [0.29, 0.717) is 12.4 Å². The normalized spacial score (nSPS) is 11.0. The number of methoxy groups -OCH3 is 1. The largest absolute Gasteiger partial charge is 0.496 e. The average Bonchev–Trinajstić information content (AvgIpc) is 2.97. The third-order valence-corrected chi connectivity index (χ3v) is 5.07. The van der Waals surface area contributed by atoms with Gasteiger partial charge in [0, 0.05) is 11.1 Å². The van der Waals surface area contributed by atoms with Crippen LogP contribution in [0.4, 0.5) is 0 Å². The number of nitrogens with zero attached hydrogens (tertiary/aromatic N) is 2. The van der Waals surface area contributed by atoms with Gasteiger partial charge in [0.15, 0.2) is 0 Å². The van der Waals surface area contributed by atoms with Crippen LogP contribution in [0.15, 0.2) is 33.5 Å². The summed E-state index contributed by atoms with van der Waals surface area (Å²) in [4.78, 5) is 12.3. The molecule has 1 heterocycles. The van der Waals surface area contributed by atoms with Gasteiger partial charge in [0.25, 0.3) is 0 Å². The fraction of sp³-hybridized carbons (Fsp3) is 0.333. The molecule has 0 aliphatic carbocycles. The SMILES string of the molecule is COc1ccc(C)cc1Cn1nc(-c2cc(C)c(C)c(C)c2C)oc1=O. The number of aromatic nitrogens is 2. The molecule has 5 nitrogen and oxygen atoms in total. The van der Waals surface area contributed by atoms with E-state index >= 15 is 0 Å². The van der Waals surface area contributed by atoms with Crippen molar-refractivity contribution >= 4 is 0 Å². The molecule has 0 bridgehead atoms. The summed E-state index contributed by atoms with van der Waals surface area (Å²) in [6.45, 7) is 10.6. The van der Waals surface area contributed by atoms with Crippen LogP contribution in [0.25, 0.3) is 11.5 Å². The van der Waals surface area contributed by atoms with Gasteiger partial charge in [0.2, 0.25) is 5.89 Å². The van der Waals surface area contributed by atoms with Gasteiger partial charge in [-0.1, -0.05) is 17.7 Å². The van der Waals surface area contributed by atoms with Crippen molar-refractivity contribution in [3.05, 3.63) is 68.2 Å². The Kier molecular flexibility index (Phi) is 4.72. The third kappa shape index (κ3) is 3.17. The Morgan fingerprint density at radius 2 is 1.77 bits per heavy atom. The molecule has 3 rings (SSSR count). The van der Waals surface area contributed by atoms with Gasteiger partial charge in [-0.15, -0.1) is 5.10 Å². The summed E-state index contributed by atoms with van der Waals surface area (Å²) >= 11 is 0. The number of hydrogen-bond acceptors (Lipinski definition) is 4. The van der Waals surface area contributed by atoms with E-state index in [1.165, 1.54) is 15.8 Å². The molecule has 0 radical (unpaired) electrons. The van der Waals surface area contributed by atoms with E-state index in [0.717, 1.165) is 33.6 Å². The van der Waals surface area contributed by atoms with Crippen molar-refractivity contribution in [3.8, 4) is 17.2 Å². The number of aryl methyl sites for hydroxylation is 2. The highest BCUT2D eigenvalue weighted by Crippen LogP contribution is 2.28. The fourth-order valence-corrected chi connectivity index (χ4v) is 3.14. The predicted molar refractivity (Wildman–Crippen MR) is 102 cm³/mol. The lowest BCUT2D eigenvalue weighted by atomic mass is 9.94. The number of benzene rings is 2. The molecule has 0 saturated carbocycles. The van der Waals surface area contributed by atoms with Gasteiger partial charge in [-0.2, -0.15) is 4.68 Å². The first-order chi connectivity index (χ1) is 12.3. The number of rotatable bonds is 4. The van der Waals surface area contributed by atoms with Gasteiger partial charge in [0.1, 0.15) is 5.75 Å². The maximum atomic E-state index is 12.3. The zero-order chi connectivity index (χ0) is 19.0. The van der Waals surface area contributed by atoms with Crippen LogP contribution in [-0.2, 0) is 6.54 Å². The summed E-state index contributed by atoms with van der Waals surface area (Å²) in [5.74, 6) is 0.606. The Labute approximate surface area is 153 Å². The van der Waals surface area contributed by atoms with E-state index in [2.05, 4.69) is 25.9 Å². The molecule has 0 spiro atoms. The third-order valence-electron chi connectivity index (χ3n) is 5.07. The molecule has 0 N–H and O–H groups in total. The van der Waals surface area contributed by atoms with Crippen LogP contribution in [0.1, 0.15) is 33.4 Å². The van der Waals surface area contributed by atoms with Crippen LogP contribution in [0, 0.1) is 34.6 Å². The van der Waals surface area contributed by atoms with Crippen LogP contribution < -0.4 is 10.5 Å². The summed E-state index contributed by atoms with van der Waals surface area (Å²) in [6, 6.07) is 7.89. The van der Waals surface area contributed by atoms with Gasteiger partial charge < -0.3 is 9.15 Å². The second kappa shape index (κ2) is 6.83. The van der Waals surface area contributed by atoms with Crippen molar-refractivity contribution < 1.29 is 9.15 Å². The summed E-state index contributed by atoms with van der Waals surface area (Å²) in [7, 11) is 1.62. The lowest BCUT2D eigenvalue weighted by Gasteiger charge is -2.11. The van der Waals surface area contributed by atoms with Crippen molar-refractivity contribution in [2.45, 2.75) is 41.2 Å². The molecule has 0 aliphatic rings. The van der Waals surface area contributed by atoms with E-state index in [9.17, 15) is 4.79 Å². The van der Waals surface area contributed by atoms with E-state index in [4.69, 9.17) is 9.15 Å². The Hall–Kier alpha value is -2.82. The van der Waals surface area contributed by atoms with Crippen molar-refractivity contribution in [1.82, 2.24) is 9.78 Å². The molecule has 0 unspecified atom stereocenters. The highest BCUT2D eigenvalue weighted by Gasteiger charge is 2.17. The van der Waals surface area contributed by atoms with Crippen LogP contribution in [0.2, 0.25) is 0 Å². The highest BCUT2D eigenvalue weighted by atomic mass is 16.5. The Morgan fingerprint density at radius 1 is 1.04 bits per heavy atom. The zero-order valence-electron chi connectivity index (χ0n) is 16.1. The first kappa shape index (κ1) is 18.0. The average molecular weight is 352 g/mol. The molecular weight excluding hydrogens is 328 g/mol. The topological polar surface area (TPSA) is 57.3 Å². The van der Waals surface area contributed by atoms with E-state index in [-0.39, 0.29) is 0 Å². The fourth-order valence-electron chi connectivity index (χ4n) is 3.14. The van der Waals surface area contributed by atoms with Crippen molar-refractivity contribution in [2.24, 2.45) is 0 Å². The summed E-state index contributed by atoms with van der Waals surface area (Å²) in [5, 5.41) is 4.44. The smallest absolute Gasteiger partial charge is 0.437 e. The van der Waals surface area contributed by atoms with Gasteiger partial charge in [-0.3, -0.25) is 0 Å². The first-order valence-electron chi connectivity index (χ1n) is 8.61. The Bertz CT molecular complexity index is 1030. The van der Waals surface area contributed by atoms with Gasteiger partial charge >= 0.3 is 5.76 Å². The van der Waals surface area contributed by atoms with Gasteiger partial charge in [-0.25, -0.2) is 4.79 Å². The standard InChI is InChI=1S/C21H24N2O3/c1-12-7-8-19(25-6)17(9-12)11-23-21(24)26-20(22-23)18-10-13(2)14(3)15(4)16(18)5/h7-10H,11H2,1-6H3. The second-order valence-electron chi connectivity index (χ2n) is 6.76. The lowest BCUT2D eigenvalue weighted by molar-refractivity contribution is 0.405. The molecule has 0 amide bonds. The molecule has 3 aromatic rings. The molecule has 136 valence electrons. The molecule has 0 saturated heterocycles. The molecule has 26 heavy (non-hydrogen) atoms. The molecule has 2 aromatic carbocycles. The number of ether oxygens (including phenoxy) is 1. The molecule has 0 fully saturated rings. The Balaban J connectivity index is 2.04. The summed E-state index contributed by atoms with van der Waals surface area (Å²) in [5.41, 5.74) is 7.52. The minimum Gasteiger partial charge on any atom is -0.496 e. The molecule has 0 aliphatic heterocycles. The summed E-state index contributed by atoms with van der Waals surface area (Å²) < 4.78 is 12.2. The number of hydrogen-bond donors (Lipinski definition) is 0. The monoisotopic (exact) mass is 352 g/mol. The second-order valence-corrected chi connectivity index (χ2v) is 6.76. The van der Waals surface area contributed by atoms with Crippen molar-refractivity contribution in [1.29, 1.82) is 0 Å². The predicted octanol–water partition coefficient (Wildman–Crippen LogP) is 4.10.